The van der Waals surface area contributed by atoms with E-state index in [9.17, 15) is 5.11 Å². The maximum Gasteiger partial charge on any atom is 0.0611 e. The van der Waals surface area contributed by atoms with Crippen LogP contribution >= 0.6 is 0 Å². The minimum absolute atomic E-state index is 0.0974. The van der Waals surface area contributed by atoms with E-state index in [1.54, 1.807) is 0 Å². The van der Waals surface area contributed by atoms with Gasteiger partial charge in [-0.2, -0.15) is 0 Å². The molecule has 0 aromatic heterocycles. The fourth-order valence-electron chi connectivity index (χ4n) is 3.17. The van der Waals surface area contributed by atoms with Crippen molar-refractivity contribution in [1.82, 2.24) is 0 Å². The van der Waals surface area contributed by atoms with E-state index in [0.717, 1.165) is 18.8 Å². The lowest BCUT2D eigenvalue weighted by Crippen LogP contribution is -2.30. The van der Waals surface area contributed by atoms with E-state index < -0.39 is 0 Å². The van der Waals surface area contributed by atoms with E-state index >= 15 is 0 Å². The van der Waals surface area contributed by atoms with E-state index in [2.05, 4.69) is 27.4 Å². The average Bonchev–Trinajstić information content (AvgIpc) is 2.26. The van der Waals surface area contributed by atoms with Gasteiger partial charge in [-0.15, -0.1) is 0 Å². The van der Waals surface area contributed by atoms with Crippen LogP contribution in [0, 0.1) is 23.2 Å². The van der Waals surface area contributed by atoms with Crippen LogP contribution in [-0.2, 0) is 0 Å². The van der Waals surface area contributed by atoms with Gasteiger partial charge < -0.3 is 5.11 Å². The summed E-state index contributed by atoms with van der Waals surface area (Å²) >= 11 is 0. The Hall–Kier alpha value is -0.300. The standard InChI is InChI=1S/C13H22O/c1-8-9-5-10(13(2,3)4)7-11(8)12(14)6-9/h9-12,14H,1,5-7H2,2-4H3. The Labute approximate surface area is 87.2 Å². The van der Waals surface area contributed by atoms with Crippen LogP contribution in [-0.4, -0.2) is 11.2 Å². The SMILES string of the molecule is C=C1C2CC(O)C1CC(C(C)(C)C)C2. The Morgan fingerprint density at radius 3 is 2.36 bits per heavy atom. The van der Waals surface area contributed by atoms with Crippen LogP contribution < -0.4 is 0 Å². The minimum atomic E-state index is -0.0974. The fourth-order valence-corrected chi connectivity index (χ4v) is 3.17. The van der Waals surface area contributed by atoms with E-state index in [0.29, 0.717) is 17.3 Å². The Morgan fingerprint density at radius 1 is 1.21 bits per heavy atom. The molecule has 1 heteroatoms. The van der Waals surface area contributed by atoms with Gasteiger partial charge >= 0.3 is 0 Å². The zero-order valence-corrected chi connectivity index (χ0v) is 9.59. The Morgan fingerprint density at radius 2 is 1.86 bits per heavy atom. The maximum atomic E-state index is 9.89. The molecule has 2 aliphatic carbocycles. The van der Waals surface area contributed by atoms with Crippen LogP contribution in [0.25, 0.3) is 0 Å². The summed E-state index contributed by atoms with van der Waals surface area (Å²) in [6.07, 6.45) is 3.27. The first kappa shape index (κ1) is 10.2. The predicted octanol–water partition coefficient (Wildman–Crippen LogP) is 3.00. The molecule has 2 saturated carbocycles. The molecule has 0 aliphatic heterocycles. The van der Waals surface area contributed by atoms with E-state index in [1.807, 2.05) is 0 Å². The highest BCUT2D eigenvalue weighted by molar-refractivity contribution is 5.18. The van der Waals surface area contributed by atoms with Gasteiger partial charge in [-0.05, 0) is 36.5 Å². The second-order valence-corrected chi connectivity index (χ2v) is 6.22. The lowest BCUT2D eigenvalue weighted by Gasteiger charge is -2.38. The highest BCUT2D eigenvalue weighted by Gasteiger charge is 2.45. The largest absolute Gasteiger partial charge is 0.392 e. The normalized spacial score (nSPS) is 43.0. The summed E-state index contributed by atoms with van der Waals surface area (Å²) in [5.74, 6) is 1.77. The number of hydrogen-bond donors (Lipinski definition) is 1. The van der Waals surface area contributed by atoms with Crippen LogP contribution in [0.2, 0.25) is 0 Å². The van der Waals surface area contributed by atoms with Gasteiger partial charge in [-0.25, -0.2) is 0 Å². The molecule has 0 aromatic carbocycles. The van der Waals surface area contributed by atoms with Gasteiger partial charge in [0.1, 0.15) is 0 Å². The van der Waals surface area contributed by atoms with Crippen molar-refractivity contribution < 1.29 is 5.11 Å². The fraction of sp³-hybridized carbons (Fsp3) is 0.846. The van der Waals surface area contributed by atoms with Gasteiger partial charge in [-0.3, -0.25) is 0 Å². The van der Waals surface area contributed by atoms with Gasteiger partial charge in [0, 0.05) is 5.92 Å². The smallest absolute Gasteiger partial charge is 0.0611 e. The first-order valence-corrected chi connectivity index (χ1v) is 5.76. The molecular weight excluding hydrogens is 172 g/mol. The Kier molecular flexibility index (Phi) is 2.26. The molecule has 0 amide bonds. The van der Waals surface area contributed by atoms with Crippen molar-refractivity contribution in [3.8, 4) is 0 Å². The minimum Gasteiger partial charge on any atom is -0.392 e. The molecule has 0 spiro atoms. The number of rotatable bonds is 0. The van der Waals surface area contributed by atoms with E-state index in [1.165, 1.54) is 12.0 Å². The predicted molar refractivity (Wildman–Crippen MR) is 58.9 cm³/mol. The lowest BCUT2D eigenvalue weighted by molar-refractivity contribution is 0.114. The summed E-state index contributed by atoms with van der Waals surface area (Å²) in [5, 5.41) is 9.89. The molecule has 4 atom stereocenters. The molecule has 0 heterocycles. The Bertz CT molecular complexity index is 248. The average molecular weight is 194 g/mol. The molecule has 14 heavy (non-hydrogen) atoms. The van der Waals surface area contributed by atoms with Crippen molar-refractivity contribution >= 4 is 0 Å². The first-order chi connectivity index (χ1) is 6.39. The molecule has 2 fully saturated rings. The molecular formula is C13H22O. The third-order valence-electron chi connectivity index (χ3n) is 4.32. The molecule has 1 N–H and O–H groups in total. The quantitative estimate of drug-likeness (QED) is 0.588. The molecule has 4 unspecified atom stereocenters. The summed E-state index contributed by atoms with van der Waals surface area (Å²) in [7, 11) is 0. The number of fused-ring (bicyclic) bond motifs is 2. The highest BCUT2D eigenvalue weighted by atomic mass is 16.3. The monoisotopic (exact) mass is 194 g/mol. The van der Waals surface area contributed by atoms with Crippen molar-refractivity contribution in [1.29, 1.82) is 0 Å². The number of aliphatic hydroxyl groups is 1. The first-order valence-electron chi connectivity index (χ1n) is 5.76. The Balaban J connectivity index is 2.15. The molecule has 2 rings (SSSR count). The van der Waals surface area contributed by atoms with Crippen LogP contribution in [0.1, 0.15) is 40.0 Å². The van der Waals surface area contributed by atoms with Gasteiger partial charge in [-0.1, -0.05) is 32.9 Å². The summed E-state index contributed by atoms with van der Waals surface area (Å²) in [6, 6.07) is 0. The summed E-state index contributed by atoms with van der Waals surface area (Å²) in [6.45, 7) is 11.1. The molecule has 1 nitrogen and oxygen atoms in total. The zero-order valence-electron chi connectivity index (χ0n) is 9.59. The van der Waals surface area contributed by atoms with Crippen molar-refractivity contribution in [2.24, 2.45) is 23.2 Å². The molecule has 80 valence electrons. The second kappa shape index (κ2) is 3.10. The maximum absolute atomic E-state index is 9.89. The molecule has 2 aliphatic rings. The molecule has 0 saturated heterocycles. The number of hydrogen-bond acceptors (Lipinski definition) is 1. The summed E-state index contributed by atoms with van der Waals surface area (Å²) in [4.78, 5) is 0. The second-order valence-electron chi connectivity index (χ2n) is 6.22. The van der Waals surface area contributed by atoms with Gasteiger partial charge in [0.15, 0.2) is 0 Å². The molecule has 2 bridgehead atoms. The lowest BCUT2D eigenvalue weighted by atomic mass is 9.67. The summed E-state index contributed by atoms with van der Waals surface area (Å²) in [5.41, 5.74) is 1.72. The van der Waals surface area contributed by atoms with E-state index in [-0.39, 0.29) is 6.10 Å². The zero-order chi connectivity index (χ0) is 10.5. The van der Waals surface area contributed by atoms with Crippen LogP contribution in [0.15, 0.2) is 12.2 Å². The third kappa shape index (κ3) is 1.52. The van der Waals surface area contributed by atoms with Crippen LogP contribution in [0.3, 0.4) is 0 Å². The highest BCUT2D eigenvalue weighted by Crippen LogP contribution is 2.52. The molecule has 0 aromatic rings. The van der Waals surface area contributed by atoms with Gasteiger partial charge in [0.2, 0.25) is 0 Å². The van der Waals surface area contributed by atoms with Crippen molar-refractivity contribution in [2.45, 2.75) is 46.1 Å². The van der Waals surface area contributed by atoms with Crippen molar-refractivity contribution in [3.63, 3.8) is 0 Å². The van der Waals surface area contributed by atoms with Crippen molar-refractivity contribution in [2.75, 3.05) is 0 Å². The van der Waals surface area contributed by atoms with Crippen molar-refractivity contribution in [3.05, 3.63) is 12.2 Å². The van der Waals surface area contributed by atoms with Gasteiger partial charge in [0.25, 0.3) is 0 Å². The summed E-state index contributed by atoms with van der Waals surface area (Å²) < 4.78 is 0. The van der Waals surface area contributed by atoms with Crippen LogP contribution in [0.4, 0.5) is 0 Å². The van der Waals surface area contributed by atoms with Gasteiger partial charge in [0.05, 0.1) is 6.10 Å². The van der Waals surface area contributed by atoms with E-state index in [4.69, 9.17) is 0 Å². The number of aliphatic hydroxyl groups excluding tert-OH is 1. The van der Waals surface area contributed by atoms with Crippen LogP contribution in [0.5, 0.6) is 0 Å². The molecule has 0 radical (unpaired) electrons. The third-order valence-corrected chi connectivity index (χ3v) is 4.32. The topological polar surface area (TPSA) is 20.2 Å².